The smallest absolute Gasteiger partial charge is 0.124 e. The van der Waals surface area contributed by atoms with Gasteiger partial charge in [0.15, 0.2) is 0 Å². The van der Waals surface area contributed by atoms with Gasteiger partial charge < -0.3 is 5.73 Å². The van der Waals surface area contributed by atoms with Gasteiger partial charge in [0.05, 0.1) is 0 Å². The topological polar surface area (TPSA) is 26.0 Å². The van der Waals surface area contributed by atoms with Crippen molar-refractivity contribution in [2.45, 2.75) is 18.9 Å². The Bertz CT molecular complexity index is 554. The lowest BCUT2D eigenvalue weighted by molar-refractivity contribution is 0.617. The van der Waals surface area contributed by atoms with Gasteiger partial charge in [-0.05, 0) is 48.2 Å². The Kier molecular flexibility index (Phi) is 4.97. The maximum Gasteiger partial charge on any atom is 0.124 e. The second-order valence-corrected chi connectivity index (χ2v) is 5.86. The maximum atomic E-state index is 13.3. The summed E-state index contributed by atoms with van der Waals surface area (Å²) in [7, 11) is 0. The van der Waals surface area contributed by atoms with E-state index in [4.69, 9.17) is 17.3 Å². The average Bonchev–Trinajstić information content (AvgIpc) is 2.30. The number of nitrogens with two attached hydrogens (primary N) is 1. The quantitative estimate of drug-likeness (QED) is 0.878. The number of hydrogen-bond donors (Lipinski definition) is 1. The highest BCUT2D eigenvalue weighted by Crippen LogP contribution is 2.19. The van der Waals surface area contributed by atoms with Crippen LogP contribution in [-0.2, 0) is 12.8 Å². The van der Waals surface area contributed by atoms with Crippen molar-refractivity contribution >= 4 is 27.5 Å². The van der Waals surface area contributed by atoms with Gasteiger partial charge in [-0.1, -0.05) is 45.7 Å². The molecule has 1 unspecified atom stereocenters. The fraction of sp³-hybridized carbons (Fsp3) is 0.200. The molecule has 0 amide bonds. The van der Waals surface area contributed by atoms with Crippen LogP contribution in [0.3, 0.4) is 0 Å². The minimum atomic E-state index is -0.255. The predicted molar refractivity (Wildman–Crippen MR) is 80.9 cm³/mol. The third-order valence-electron chi connectivity index (χ3n) is 2.86. The number of hydrogen-bond acceptors (Lipinski definition) is 1. The molecule has 0 radical (unpaired) electrons. The Labute approximate surface area is 125 Å². The first kappa shape index (κ1) is 14.5. The molecule has 0 bridgehead atoms. The highest BCUT2D eigenvalue weighted by atomic mass is 79.9. The van der Waals surface area contributed by atoms with Crippen molar-refractivity contribution in [1.29, 1.82) is 0 Å². The molecule has 1 atom stereocenters. The molecular formula is C15H14BrClFN. The van der Waals surface area contributed by atoms with Crippen LogP contribution in [0.15, 0.2) is 46.9 Å². The van der Waals surface area contributed by atoms with Gasteiger partial charge in [0, 0.05) is 15.5 Å². The summed E-state index contributed by atoms with van der Waals surface area (Å²) in [5, 5.41) is 0.721. The van der Waals surface area contributed by atoms with E-state index in [2.05, 4.69) is 15.9 Å². The lowest BCUT2D eigenvalue weighted by Gasteiger charge is -2.13. The van der Waals surface area contributed by atoms with Gasteiger partial charge in [-0.2, -0.15) is 0 Å². The van der Waals surface area contributed by atoms with E-state index in [1.165, 1.54) is 12.1 Å². The zero-order valence-electron chi connectivity index (χ0n) is 10.2. The summed E-state index contributed by atoms with van der Waals surface area (Å²) in [6.07, 6.45) is 1.29. The minimum absolute atomic E-state index is 0.0893. The number of rotatable bonds is 4. The van der Waals surface area contributed by atoms with E-state index < -0.39 is 0 Å². The Hall–Kier alpha value is -0.900. The molecule has 0 aliphatic heterocycles. The normalized spacial score (nSPS) is 12.4. The molecule has 0 aliphatic carbocycles. The zero-order valence-corrected chi connectivity index (χ0v) is 12.6. The van der Waals surface area contributed by atoms with Crippen LogP contribution in [0.4, 0.5) is 4.39 Å². The van der Waals surface area contributed by atoms with Crippen molar-refractivity contribution in [1.82, 2.24) is 0 Å². The summed E-state index contributed by atoms with van der Waals surface area (Å²) in [5.41, 5.74) is 8.01. The first-order valence-electron chi connectivity index (χ1n) is 5.98. The molecule has 4 heteroatoms. The van der Waals surface area contributed by atoms with Crippen LogP contribution < -0.4 is 5.73 Å². The van der Waals surface area contributed by atoms with Gasteiger partial charge in [0.2, 0.25) is 0 Å². The molecule has 0 heterocycles. The minimum Gasteiger partial charge on any atom is -0.327 e. The van der Waals surface area contributed by atoms with Crippen LogP contribution >= 0.6 is 27.5 Å². The van der Waals surface area contributed by atoms with E-state index in [9.17, 15) is 4.39 Å². The standard InChI is InChI=1S/C15H14BrClFN/c16-12-5-10(6-13(18)9-12)7-14(19)8-11-3-1-2-4-15(11)17/h1-6,9,14H,7-8,19H2. The summed E-state index contributed by atoms with van der Waals surface area (Å²) in [6, 6.07) is 12.4. The Morgan fingerprint density at radius 2 is 1.89 bits per heavy atom. The highest BCUT2D eigenvalue weighted by molar-refractivity contribution is 9.10. The van der Waals surface area contributed by atoms with Crippen molar-refractivity contribution in [3.8, 4) is 0 Å². The Morgan fingerprint density at radius 3 is 2.58 bits per heavy atom. The summed E-state index contributed by atoms with van der Waals surface area (Å²) in [4.78, 5) is 0. The second-order valence-electron chi connectivity index (χ2n) is 4.54. The van der Waals surface area contributed by atoms with Crippen LogP contribution in [0.5, 0.6) is 0 Å². The average molecular weight is 343 g/mol. The molecule has 0 fully saturated rings. The first-order chi connectivity index (χ1) is 9.04. The first-order valence-corrected chi connectivity index (χ1v) is 7.15. The van der Waals surface area contributed by atoms with Crippen LogP contribution in [0, 0.1) is 5.82 Å². The number of benzene rings is 2. The third kappa shape index (κ3) is 4.30. The molecule has 0 aromatic heterocycles. The lowest BCUT2D eigenvalue weighted by Crippen LogP contribution is -2.25. The van der Waals surface area contributed by atoms with Gasteiger partial charge in [-0.3, -0.25) is 0 Å². The monoisotopic (exact) mass is 341 g/mol. The molecule has 2 aromatic carbocycles. The van der Waals surface area contributed by atoms with Crippen molar-refractivity contribution in [2.24, 2.45) is 5.73 Å². The molecule has 0 saturated heterocycles. The van der Waals surface area contributed by atoms with Crippen LogP contribution in [0.1, 0.15) is 11.1 Å². The molecule has 100 valence electrons. The molecule has 0 spiro atoms. The summed E-state index contributed by atoms with van der Waals surface area (Å²) < 4.78 is 14.0. The van der Waals surface area contributed by atoms with Gasteiger partial charge in [0.25, 0.3) is 0 Å². The van der Waals surface area contributed by atoms with Crippen LogP contribution in [0.2, 0.25) is 5.02 Å². The van der Waals surface area contributed by atoms with Crippen molar-refractivity contribution in [2.75, 3.05) is 0 Å². The molecule has 1 nitrogen and oxygen atoms in total. The van der Waals surface area contributed by atoms with Crippen LogP contribution in [0.25, 0.3) is 0 Å². The van der Waals surface area contributed by atoms with Crippen molar-refractivity contribution < 1.29 is 4.39 Å². The van der Waals surface area contributed by atoms with Gasteiger partial charge in [-0.25, -0.2) is 4.39 Å². The molecule has 19 heavy (non-hydrogen) atoms. The zero-order chi connectivity index (χ0) is 13.8. The maximum absolute atomic E-state index is 13.3. The Balaban J connectivity index is 2.05. The van der Waals surface area contributed by atoms with Crippen LogP contribution in [-0.4, -0.2) is 6.04 Å². The largest absolute Gasteiger partial charge is 0.327 e. The van der Waals surface area contributed by atoms with Gasteiger partial charge in [-0.15, -0.1) is 0 Å². The van der Waals surface area contributed by atoms with E-state index in [0.717, 1.165) is 20.6 Å². The van der Waals surface area contributed by atoms with Crippen molar-refractivity contribution in [3.05, 3.63) is 68.9 Å². The molecule has 2 rings (SSSR count). The van der Waals surface area contributed by atoms with Gasteiger partial charge >= 0.3 is 0 Å². The Morgan fingerprint density at radius 1 is 1.16 bits per heavy atom. The highest BCUT2D eigenvalue weighted by Gasteiger charge is 2.09. The molecule has 2 N–H and O–H groups in total. The fourth-order valence-corrected chi connectivity index (χ4v) is 2.78. The van der Waals surface area contributed by atoms with E-state index in [1.54, 1.807) is 0 Å². The lowest BCUT2D eigenvalue weighted by atomic mass is 10.00. The molecule has 0 saturated carbocycles. The fourth-order valence-electron chi connectivity index (χ4n) is 2.05. The summed E-state index contributed by atoms with van der Waals surface area (Å²) in [6.45, 7) is 0. The number of halogens is 3. The third-order valence-corrected chi connectivity index (χ3v) is 3.69. The molecule has 2 aromatic rings. The van der Waals surface area contributed by atoms with E-state index in [0.29, 0.717) is 12.8 Å². The molecular weight excluding hydrogens is 329 g/mol. The summed E-state index contributed by atoms with van der Waals surface area (Å²) >= 11 is 9.38. The van der Waals surface area contributed by atoms with E-state index in [-0.39, 0.29) is 11.9 Å². The van der Waals surface area contributed by atoms with Gasteiger partial charge in [0.1, 0.15) is 5.82 Å². The molecule has 0 aliphatic rings. The predicted octanol–water partition coefficient (Wildman–Crippen LogP) is 4.35. The van der Waals surface area contributed by atoms with E-state index >= 15 is 0 Å². The second kappa shape index (κ2) is 6.51. The van der Waals surface area contributed by atoms with E-state index in [1.807, 2.05) is 30.3 Å². The van der Waals surface area contributed by atoms with Crippen molar-refractivity contribution in [3.63, 3.8) is 0 Å². The SMILES string of the molecule is NC(Cc1cc(F)cc(Br)c1)Cc1ccccc1Cl. The summed E-state index contributed by atoms with van der Waals surface area (Å²) in [5.74, 6) is -0.255.